The molecule has 3 nitrogen and oxygen atoms in total. The van der Waals surface area contributed by atoms with Crippen LogP contribution in [0.3, 0.4) is 0 Å². The maximum Gasteiger partial charge on any atom is 0.232 e. The molecule has 1 unspecified atom stereocenters. The molecule has 0 saturated heterocycles. The second-order valence-corrected chi connectivity index (χ2v) is 9.80. The van der Waals surface area contributed by atoms with E-state index in [1.165, 1.54) is 5.56 Å². The first kappa shape index (κ1) is 21.1. The van der Waals surface area contributed by atoms with Gasteiger partial charge in [-0.15, -0.1) is 0 Å². The summed E-state index contributed by atoms with van der Waals surface area (Å²) in [5.74, 6) is -0.184. The summed E-state index contributed by atoms with van der Waals surface area (Å²) in [6.07, 6.45) is 2.32. The zero-order valence-electron chi connectivity index (χ0n) is 17.5. The van der Waals surface area contributed by atoms with Crippen molar-refractivity contribution in [3.05, 3.63) is 74.9 Å². The summed E-state index contributed by atoms with van der Waals surface area (Å²) in [7, 11) is 0. The number of aryl methyl sites for hydroxylation is 1. The number of carbonyl (C=O) groups excluding carboxylic acids is 2. The predicted molar refractivity (Wildman–Crippen MR) is 122 cm³/mol. The van der Waals surface area contributed by atoms with Crippen molar-refractivity contribution < 1.29 is 9.59 Å². The van der Waals surface area contributed by atoms with Gasteiger partial charge in [0.25, 0.3) is 0 Å². The minimum Gasteiger partial charge on any atom is -0.294 e. The lowest BCUT2D eigenvalue weighted by Crippen LogP contribution is -2.43. The number of allylic oxidation sites excluding steroid dienone is 2. The lowest BCUT2D eigenvalue weighted by Gasteiger charge is -2.43. The van der Waals surface area contributed by atoms with Crippen molar-refractivity contribution in [3.8, 4) is 0 Å². The summed E-state index contributed by atoms with van der Waals surface area (Å²) in [5, 5.41) is 0.899. The van der Waals surface area contributed by atoms with Crippen LogP contribution in [-0.2, 0) is 16.0 Å². The zero-order valence-corrected chi connectivity index (χ0v) is 19.0. The largest absolute Gasteiger partial charge is 0.294 e. The number of anilines is 1. The van der Waals surface area contributed by atoms with E-state index in [0.29, 0.717) is 22.9 Å². The average Bonchev–Trinajstić information content (AvgIpc) is 2.68. The Bertz CT molecular complexity index is 1050. The fourth-order valence-electron chi connectivity index (χ4n) is 4.61. The number of hydrogen-bond acceptors (Lipinski definition) is 2. The topological polar surface area (TPSA) is 37.4 Å². The molecule has 156 valence electrons. The second kappa shape index (κ2) is 7.86. The molecular weight excluding hydrogens is 417 g/mol. The van der Waals surface area contributed by atoms with E-state index in [0.717, 1.165) is 28.9 Å². The standard InChI is InChI=1S/C25H25Cl2NO2/c1-4-15-5-8-17(9-6-15)28-21-13-25(2,3)14-22(29)24(21)18(12-23(28)30)16-7-10-19(26)20(27)11-16/h5-11,18H,4,12-14H2,1-3H3. The van der Waals surface area contributed by atoms with E-state index >= 15 is 0 Å². The van der Waals surface area contributed by atoms with Gasteiger partial charge in [-0.1, -0.05) is 62.2 Å². The first-order valence-corrected chi connectivity index (χ1v) is 11.1. The van der Waals surface area contributed by atoms with Crippen LogP contribution in [0.1, 0.15) is 57.1 Å². The number of hydrogen-bond donors (Lipinski definition) is 0. The smallest absolute Gasteiger partial charge is 0.232 e. The first-order chi connectivity index (χ1) is 14.2. The van der Waals surface area contributed by atoms with Gasteiger partial charge in [0.2, 0.25) is 5.91 Å². The Morgan fingerprint density at radius 3 is 2.33 bits per heavy atom. The van der Waals surface area contributed by atoms with Crippen LogP contribution in [0.15, 0.2) is 53.7 Å². The molecule has 0 spiro atoms. The van der Waals surface area contributed by atoms with Gasteiger partial charge >= 0.3 is 0 Å². The molecular formula is C25H25Cl2NO2. The Balaban J connectivity index is 1.87. The third-order valence-electron chi connectivity index (χ3n) is 6.09. The van der Waals surface area contributed by atoms with E-state index in [2.05, 4.69) is 20.8 Å². The maximum absolute atomic E-state index is 13.4. The molecule has 1 atom stereocenters. The number of Topliss-reactive ketones (excluding diaryl/α,β-unsaturated/α-hetero) is 1. The number of rotatable bonds is 3. The SMILES string of the molecule is CCc1ccc(N2C(=O)CC(c3ccc(Cl)c(Cl)c3)C3=C2CC(C)(C)CC3=O)cc1. The van der Waals surface area contributed by atoms with E-state index in [1.54, 1.807) is 17.0 Å². The van der Waals surface area contributed by atoms with E-state index in [4.69, 9.17) is 23.2 Å². The van der Waals surface area contributed by atoms with E-state index < -0.39 is 0 Å². The van der Waals surface area contributed by atoms with Gasteiger partial charge in [0.05, 0.1) is 10.0 Å². The fourth-order valence-corrected chi connectivity index (χ4v) is 4.92. The molecule has 5 heteroatoms. The molecule has 2 aliphatic rings. The molecule has 0 radical (unpaired) electrons. The highest BCUT2D eigenvalue weighted by atomic mass is 35.5. The van der Waals surface area contributed by atoms with Gasteiger partial charge in [-0.05, 0) is 53.6 Å². The Kier molecular flexibility index (Phi) is 5.54. The van der Waals surface area contributed by atoms with Crippen molar-refractivity contribution in [1.29, 1.82) is 0 Å². The van der Waals surface area contributed by atoms with Crippen molar-refractivity contribution in [2.75, 3.05) is 4.90 Å². The number of carbonyl (C=O) groups is 2. The van der Waals surface area contributed by atoms with Crippen LogP contribution in [0.25, 0.3) is 0 Å². The van der Waals surface area contributed by atoms with E-state index in [9.17, 15) is 9.59 Å². The van der Waals surface area contributed by atoms with Crippen LogP contribution in [0.4, 0.5) is 5.69 Å². The Morgan fingerprint density at radius 1 is 1.00 bits per heavy atom. The molecule has 1 aliphatic heterocycles. The normalized spacial score (nSPS) is 21.1. The van der Waals surface area contributed by atoms with E-state index in [-0.39, 0.29) is 29.4 Å². The lowest BCUT2D eigenvalue weighted by molar-refractivity contribution is -0.121. The highest BCUT2D eigenvalue weighted by molar-refractivity contribution is 6.42. The minimum atomic E-state index is -0.294. The third kappa shape index (κ3) is 3.81. The van der Waals surface area contributed by atoms with Gasteiger partial charge in [0.15, 0.2) is 5.78 Å². The Hall–Kier alpha value is -2.10. The molecule has 1 amide bonds. The second-order valence-electron chi connectivity index (χ2n) is 8.98. The monoisotopic (exact) mass is 441 g/mol. The van der Waals surface area contributed by atoms with Gasteiger partial charge < -0.3 is 0 Å². The summed E-state index contributed by atoms with van der Waals surface area (Å²) >= 11 is 12.3. The average molecular weight is 442 g/mol. The number of nitrogens with zero attached hydrogens (tertiary/aromatic N) is 1. The minimum absolute atomic E-state index is 0.000397. The van der Waals surface area contributed by atoms with Crippen LogP contribution in [0, 0.1) is 5.41 Å². The fraction of sp³-hybridized carbons (Fsp3) is 0.360. The van der Waals surface area contributed by atoms with Gasteiger partial charge in [-0.2, -0.15) is 0 Å². The van der Waals surface area contributed by atoms with Crippen molar-refractivity contribution >= 4 is 40.6 Å². The zero-order chi connectivity index (χ0) is 21.6. The summed E-state index contributed by atoms with van der Waals surface area (Å²) in [6, 6.07) is 13.4. The Morgan fingerprint density at radius 2 is 1.70 bits per heavy atom. The molecule has 2 aromatic rings. The van der Waals surface area contributed by atoms with Crippen LogP contribution >= 0.6 is 23.2 Å². The highest BCUT2D eigenvalue weighted by Crippen LogP contribution is 2.48. The van der Waals surface area contributed by atoms with E-state index in [1.807, 2.05) is 30.3 Å². The van der Waals surface area contributed by atoms with Crippen molar-refractivity contribution in [1.82, 2.24) is 0 Å². The lowest BCUT2D eigenvalue weighted by atomic mass is 9.69. The van der Waals surface area contributed by atoms with Gasteiger partial charge in [-0.3, -0.25) is 14.5 Å². The molecule has 0 N–H and O–H groups in total. The van der Waals surface area contributed by atoms with Gasteiger partial charge in [0, 0.05) is 35.7 Å². The molecule has 1 heterocycles. The molecule has 2 aromatic carbocycles. The van der Waals surface area contributed by atoms with Crippen LogP contribution in [-0.4, -0.2) is 11.7 Å². The molecule has 30 heavy (non-hydrogen) atoms. The first-order valence-electron chi connectivity index (χ1n) is 10.3. The number of amides is 1. The molecule has 0 fully saturated rings. The summed E-state index contributed by atoms with van der Waals surface area (Å²) in [4.78, 5) is 28.5. The van der Waals surface area contributed by atoms with Crippen LogP contribution < -0.4 is 4.90 Å². The number of ketones is 1. The van der Waals surface area contributed by atoms with Gasteiger partial charge in [0.1, 0.15) is 0 Å². The molecule has 0 aromatic heterocycles. The Labute approximate surface area is 187 Å². The van der Waals surface area contributed by atoms with Crippen LogP contribution in [0.5, 0.6) is 0 Å². The molecule has 0 saturated carbocycles. The number of halogens is 2. The van der Waals surface area contributed by atoms with Crippen molar-refractivity contribution in [2.24, 2.45) is 5.41 Å². The highest BCUT2D eigenvalue weighted by Gasteiger charge is 2.44. The van der Waals surface area contributed by atoms with Crippen LogP contribution in [0.2, 0.25) is 10.0 Å². The summed E-state index contributed by atoms with van der Waals surface area (Å²) in [6.45, 7) is 6.27. The maximum atomic E-state index is 13.4. The summed E-state index contributed by atoms with van der Waals surface area (Å²) < 4.78 is 0. The molecule has 0 bridgehead atoms. The van der Waals surface area contributed by atoms with Gasteiger partial charge in [-0.25, -0.2) is 0 Å². The van der Waals surface area contributed by atoms with Crippen molar-refractivity contribution in [3.63, 3.8) is 0 Å². The van der Waals surface area contributed by atoms with Crippen molar-refractivity contribution in [2.45, 2.75) is 52.4 Å². The molecule has 1 aliphatic carbocycles. The summed E-state index contributed by atoms with van der Waals surface area (Å²) in [5.41, 5.74) is 4.27. The third-order valence-corrected chi connectivity index (χ3v) is 6.83. The predicted octanol–water partition coefficient (Wildman–Crippen LogP) is 6.72. The number of benzene rings is 2. The molecule has 4 rings (SSSR count). The quantitative estimate of drug-likeness (QED) is 0.529.